The maximum Gasteiger partial charge on any atom is 0.244 e. The van der Waals surface area contributed by atoms with Crippen LogP contribution in [-0.4, -0.2) is 74.7 Å². The zero-order valence-electron chi connectivity index (χ0n) is 19.8. The van der Waals surface area contributed by atoms with Crippen molar-refractivity contribution in [1.29, 1.82) is 5.26 Å². The average Bonchev–Trinajstić information content (AvgIpc) is 3.18. The van der Waals surface area contributed by atoms with Gasteiger partial charge in [-0.05, 0) is 24.3 Å². The molecule has 0 radical (unpaired) electrons. The van der Waals surface area contributed by atoms with Crippen LogP contribution in [0.5, 0.6) is 5.75 Å². The summed E-state index contributed by atoms with van der Waals surface area (Å²) in [6, 6.07) is 11.4. The van der Waals surface area contributed by atoms with E-state index >= 15 is 0 Å². The van der Waals surface area contributed by atoms with Gasteiger partial charge in [0.05, 0.1) is 61.7 Å². The lowest BCUT2D eigenvalue weighted by atomic mass is 9.88. The number of hydrogen-bond acceptors (Lipinski definition) is 10. The number of anilines is 3. The fraction of sp³-hybridized carbons (Fsp3) is 0.458. The second-order valence-corrected chi connectivity index (χ2v) is 8.88. The van der Waals surface area contributed by atoms with Crippen LogP contribution in [0.3, 0.4) is 0 Å². The van der Waals surface area contributed by atoms with Gasteiger partial charge in [0.1, 0.15) is 11.9 Å². The monoisotopic (exact) mass is 478 g/mol. The van der Waals surface area contributed by atoms with Crippen molar-refractivity contribution in [2.75, 3.05) is 56.0 Å². The summed E-state index contributed by atoms with van der Waals surface area (Å²) in [6.45, 7) is 3.17. The summed E-state index contributed by atoms with van der Waals surface area (Å²) < 4.78 is 10.9. The fourth-order valence-electron chi connectivity index (χ4n) is 5.02. The Balaban J connectivity index is 1.33. The molecule has 5 rings (SSSR count). The number of aromatic nitrogens is 1. The van der Waals surface area contributed by atoms with E-state index in [1.165, 1.54) is 5.01 Å². The minimum absolute atomic E-state index is 0.00171. The van der Waals surface area contributed by atoms with Gasteiger partial charge in [0, 0.05) is 32.6 Å². The topological polar surface area (TPSA) is 127 Å². The Morgan fingerprint density at radius 2 is 2.06 bits per heavy atom. The number of nitrogens with one attached hydrogen (secondary N) is 4. The number of para-hydroxylation sites is 1. The molecule has 4 atom stereocenters. The number of nitriles is 1. The first kappa shape index (κ1) is 23.2. The predicted octanol–water partition coefficient (Wildman–Crippen LogP) is 0.929. The van der Waals surface area contributed by atoms with E-state index in [0.717, 1.165) is 37.8 Å². The fourth-order valence-corrected chi connectivity index (χ4v) is 5.02. The highest BCUT2D eigenvalue weighted by Gasteiger charge is 2.48. The third kappa shape index (κ3) is 4.68. The number of carbonyl (C=O) groups excluding carboxylic acids is 1. The number of hydrazine groups is 1. The van der Waals surface area contributed by atoms with Crippen LogP contribution in [0.4, 0.5) is 17.2 Å². The minimum atomic E-state index is -0.329. The predicted molar refractivity (Wildman–Crippen MR) is 131 cm³/mol. The van der Waals surface area contributed by atoms with Crippen LogP contribution in [0.15, 0.2) is 36.5 Å². The number of piperidine rings is 1. The van der Waals surface area contributed by atoms with Crippen molar-refractivity contribution in [2.45, 2.75) is 24.8 Å². The van der Waals surface area contributed by atoms with Gasteiger partial charge in [-0.3, -0.25) is 15.1 Å². The maximum absolute atomic E-state index is 12.9. The number of hydrogen-bond donors (Lipinski definition) is 4. The van der Waals surface area contributed by atoms with E-state index in [9.17, 15) is 10.1 Å². The van der Waals surface area contributed by atoms with E-state index in [1.54, 1.807) is 26.3 Å². The van der Waals surface area contributed by atoms with Crippen molar-refractivity contribution in [3.05, 3.63) is 42.1 Å². The molecule has 184 valence electrons. The molecule has 4 N–H and O–H groups in total. The second kappa shape index (κ2) is 9.95. The van der Waals surface area contributed by atoms with Gasteiger partial charge in [0.25, 0.3) is 0 Å². The molecule has 1 amide bonds. The highest BCUT2D eigenvalue weighted by atomic mass is 16.5. The van der Waals surface area contributed by atoms with Crippen molar-refractivity contribution >= 4 is 23.1 Å². The summed E-state index contributed by atoms with van der Waals surface area (Å²) >= 11 is 0. The molecule has 11 heteroatoms. The molecule has 4 heterocycles. The van der Waals surface area contributed by atoms with Gasteiger partial charge in [-0.2, -0.15) is 5.26 Å². The van der Waals surface area contributed by atoms with Gasteiger partial charge in [0.15, 0.2) is 5.75 Å². The Kier molecular flexibility index (Phi) is 6.59. The van der Waals surface area contributed by atoms with Crippen LogP contribution >= 0.6 is 0 Å². The molecule has 3 aliphatic heterocycles. The maximum atomic E-state index is 12.9. The molecule has 3 saturated heterocycles. The Morgan fingerprint density at radius 1 is 1.23 bits per heavy atom. The molecule has 0 saturated carbocycles. The first-order valence-electron chi connectivity index (χ1n) is 11.8. The minimum Gasteiger partial charge on any atom is -0.493 e. The third-order valence-corrected chi connectivity index (χ3v) is 6.74. The number of pyridine rings is 1. The van der Waals surface area contributed by atoms with E-state index in [0.29, 0.717) is 23.4 Å². The van der Waals surface area contributed by atoms with Gasteiger partial charge in [-0.25, -0.2) is 10.4 Å². The van der Waals surface area contributed by atoms with Crippen molar-refractivity contribution < 1.29 is 14.3 Å². The zero-order valence-corrected chi connectivity index (χ0v) is 19.8. The van der Waals surface area contributed by atoms with Crippen LogP contribution < -0.4 is 31.0 Å². The van der Waals surface area contributed by atoms with Crippen molar-refractivity contribution in [2.24, 2.45) is 5.92 Å². The Bertz CT molecular complexity index is 1100. The average molecular weight is 479 g/mol. The highest BCUT2D eigenvalue weighted by molar-refractivity contribution is 5.82. The van der Waals surface area contributed by atoms with Gasteiger partial charge >= 0.3 is 0 Å². The number of carbonyl (C=O) groups is 1. The normalized spacial score (nSPS) is 26.1. The lowest BCUT2D eigenvalue weighted by Gasteiger charge is -2.39. The molecule has 4 unspecified atom stereocenters. The number of amides is 1. The van der Waals surface area contributed by atoms with Crippen LogP contribution in [0, 0.1) is 17.2 Å². The third-order valence-electron chi connectivity index (χ3n) is 6.74. The van der Waals surface area contributed by atoms with E-state index in [2.05, 4.69) is 43.4 Å². The summed E-state index contributed by atoms with van der Waals surface area (Å²) in [4.78, 5) is 19.8. The number of rotatable bonds is 6. The first-order valence-corrected chi connectivity index (χ1v) is 11.8. The Hall–Kier alpha value is -3.59. The lowest BCUT2D eigenvalue weighted by Crippen LogP contribution is -2.60. The summed E-state index contributed by atoms with van der Waals surface area (Å²) in [6.07, 6.45) is 2.08. The van der Waals surface area contributed by atoms with Crippen LogP contribution in [0.1, 0.15) is 12.0 Å². The standard InChI is InChI=1S/C24H30N8O3/c1-31-24(33)21-18(27-17-5-3-4-15(13-25)22(17)34-2)12-20(29-23(21)30-31)28-19-7-6-16(14-26-19)32-8-10-35-11-9-32/h3-7,14,18,20-21,23,27,29-30H,8-12H2,1-2H3,(H,26,28). The summed E-state index contributed by atoms with van der Waals surface area (Å²) in [5.74, 6) is 0.896. The van der Waals surface area contributed by atoms with Crippen molar-refractivity contribution in [1.82, 2.24) is 20.7 Å². The highest BCUT2D eigenvalue weighted by Crippen LogP contribution is 2.34. The number of nitrogens with zero attached hydrogens (tertiary/aromatic N) is 4. The molecular formula is C24H30N8O3. The molecule has 0 spiro atoms. The van der Waals surface area contributed by atoms with E-state index < -0.39 is 0 Å². The Morgan fingerprint density at radius 3 is 2.77 bits per heavy atom. The molecule has 3 aliphatic rings. The van der Waals surface area contributed by atoms with Crippen LogP contribution in [-0.2, 0) is 9.53 Å². The molecule has 0 aliphatic carbocycles. The second-order valence-electron chi connectivity index (χ2n) is 8.88. The molecule has 35 heavy (non-hydrogen) atoms. The number of ether oxygens (including phenoxy) is 2. The lowest BCUT2D eigenvalue weighted by molar-refractivity contribution is -0.131. The molecule has 1 aromatic heterocycles. The van der Waals surface area contributed by atoms with Crippen LogP contribution in [0.25, 0.3) is 0 Å². The van der Waals surface area contributed by atoms with Gasteiger partial charge in [-0.15, -0.1) is 0 Å². The van der Waals surface area contributed by atoms with Gasteiger partial charge in [0.2, 0.25) is 5.91 Å². The van der Waals surface area contributed by atoms with Crippen LogP contribution in [0.2, 0.25) is 0 Å². The smallest absolute Gasteiger partial charge is 0.244 e. The molecular weight excluding hydrogens is 448 g/mol. The summed E-state index contributed by atoms with van der Waals surface area (Å²) in [5.41, 5.74) is 5.41. The van der Waals surface area contributed by atoms with E-state index in [1.807, 2.05) is 18.3 Å². The quantitative estimate of drug-likeness (QED) is 0.476. The number of fused-ring (bicyclic) bond motifs is 1. The molecule has 0 bridgehead atoms. The first-order chi connectivity index (χ1) is 17.1. The molecule has 3 fully saturated rings. The molecule has 2 aromatic rings. The summed E-state index contributed by atoms with van der Waals surface area (Å²) in [7, 11) is 3.27. The number of morpholine rings is 1. The van der Waals surface area contributed by atoms with Crippen molar-refractivity contribution in [3.8, 4) is 11.8 Å². The SMILES string of the molecule is COc1c(C#N)cccc1NC1CC(Nc2ccc(N3CCOCC3)cn2)NC2NN(C)C(=O)C12. The summed E-state index contributed by atoms with van der Waals surface area (Å²) in [5, 5.41) is 21.4. The molecule has 1 aromatic carbocycles. The van der Waals surface area contributed by atoms with Gasteiger partial charge in [-0.1, -0.05) is 6.07 Å². The number of methoxy groups -OCH3 is 1. The number of benzene rings is 1. The molecule has 11 nitrogen and oxygen atoms in total. The largest absolute Gasteiger partial charge is 0.493 e. The van der Waals surface area contributed by atoms with Gasteiger partial charge < -0.3 is 25.0 Å². The van der Waals surface area contributed by atoms with Crippen molar-refractivity contribution in [3.63, 3.8) is 0 Å². The Labute approximate surface area is 204 Å². The van der Waals surface area contributed by atoms with E-state index in [-0.39, 0.29) is 30.2 Å². The van der Waals surface area contributed by atoms with E-state index in [4.69, 9.17) is 9.47 Å². The zero-order chi connectivity index (χ0) is 24.4.